The summed E-state index contributed by atoms with van der Waals surface area (Å²) >= 11 is 2.95. The van der Waals surface area contributed by atoms with Gasteiger partial charge < -0.3 is 10.6 Å². The molecule has 7 nitrogen and oxygen atoms in total. The predicted molar refractivity (Wildman–Crippen MR) is 130 cm³/mol. The molecule has 2 aromatic rings. The monoisotopic (exact) mass is 481 g/mol. The van der Waals surface area contributed by atoms with Gasteiger partial charge in [-0.3, -0.25) is 9.59 Å². The molecule has 1 unspecified atom stereocenters. The molecule has 0 saturated heterocycles. The molecular formula is C24H27N5O2S2. The summed E-state index contributed by atoms with van der Waals surface area (Å²) in [5.41, 5.74) is 3.67. The van der Waals surface area contributed by atoms with Gasteiger partial charge in [0, 0.05) is 22.7 Å². The second-order valence-electron chi connectivity index (χ2n) is 9.99. The minimum absolute atomic E-state index is 0.0273. The number of aromatic nitrogens is 1. The Bertz CT molecular complexity index is 1180. The van der Waals surface area contributed by atoms with Crippen LogP contribution in [0.4, 0.5) is 10.7 Å². The number of hydrogen-bond donors (Lipinski definition) is 2. The van der Waals surface area contributed by atoms with Crippen molar-refractivity contribution in [3.05, 3.63) is 27.1 Å². The topological polar surface area (TPSA) is 95.8 Å². The third-order valence-electron chi connectivity index (χ3n) is 7.48. The van der Waals surface area contributed by atoms with E-state index in [9.17, 15) is 9.59 Å². The summed E-state index contributed by atoms with van der Waals surface area (Å²) in [6.45, 7) is 2.63. The Morgan fingerprint density at radius 2 is 2.15 bits per heavy atom. The van der Waals surface area contributed by atoms with E-state index in [1.807, 2.05) is 12.3 Å². The number of carbonyl (C=O) groups excluding carboxylic acids is 2. The molecule has 2 N–H and O–H groups in total. The zero-order valence-corrected chi connectivity index (χ0v) is 20.3. The van der Waals surface area contributed by atoms with E-state index in [0.717, 1.165) is 41.2 Å². The van der Waals surface area contributed by atoms with E-state index in [1.54, 1.807) is 11.3 Å². The summed E-state index contributed by atoms with van der Waals surface area (Å²) in [5, 5.41) is 8.86. The van der Waals surface area contributed by atoms with Crippen molar-refractivity contribution in [2.45, 2.75) is 64.3 Å². The van der Waals surface area contributed by atoms with Crippen molar-refractivity contribution in [1.82, 2.24) is 9.69 Å². The molecule has 0 radical (unpaired) electrons. The van der Waals surface area contributed by atoms with Crippen LogP contribution in [0.2, 0.25) is 0 Å². The number of nitrogens with zero attached hydrogens (tertiary/aromatic N) is 3. The van der Waals surface area contributed by atoms with E-state index in [2.05, 4.69) is 31.0 Å². The fraction of sp³-hybridized carbons (Fsp3) is 0.583. The first-order valence-corrected chi connectivity index (χ1v) is 13.5. The number of hydrogen-bond acceptors (Lipinski definition) is 7. The summed E-state index contributed by atoms with van der Waals surface area (Å²) < 4.78 is 4.22. The quantitative estimate of drug-likeness (QED) is 0.559. The van der Waals surface area contributed by atoms with Gasteiger partial charge in [0.2, 0.25) is 5.91 Å². The van der Waals surface area contributed by atoms with Crippen LogP contribution in [0.1, 0.15) is 65.0 Å². The molecule has 2 heterocycles. The van der Waals surface area contributed by atoms with Crippen LogP contribution in [0.25, 0.3) is 0 Å². The number of fused-ring (bicyclic) bond motifs is 1. The van der Waals surface area contributed by atoms with Gasteiger partial charge in [0.05, 0.1) is 23.3 Å². The third kappa shape index (κ3) is 4.29. The molecule has 2 amide bonds. The van der Waals surface area contributed by atoms with Crippen molar-refractivity contribution in [2.24, 2.45) is 27.2 Å². The van der Waals surface area contributed by atoms with Gasteiger partial charge in [-0.1, -0.05) is 0 Å². The van der Waals surface area contributed by atoms with E-state index in [1.165, 1.54) is 42.1 Å². The molecular weight excluding hydrogens is 454 g/mol. The number of aryl methyl sites for hydroxylation is 2. The smallest absolute Gasteiger partial charge is 0.254 e. The van der Waals surface area contributed by atoms with Crippen molar-refractivity contribution < 1.29 is 9.59 Å². The number of rotatable bonds is 7. The first-order valence-electron chi connectivity index (χ1n) is 11.8. The lowest BCUT2D eigenvalue weighted by Gasteiger charge is -2.18. The molecule has 172 valence electrons. The number of carbonyl (C=O) groups is 2. The zero-order valence-electron chi connectivity index (χ0n) is 18.6. The summed E-state index contributed by atoms with van der Waals surface area (Å²) in [4.78, 5) is 36.2. The maximum Gasteiger partial charge on any atom is 0.254 e. The molecule has 33 heavy (non-hydrogen) atoms. The van der Waals surface area contributed by atoms with E-state index in [4.69, 9.17) is 0 Å². The Morgan fingerprint density at radius 1 is 1.30 bits per heavy atom. The first-order chi connectivity index (χ1) is 16.0. The van der Waals surface area contributed by atoms with Crippen LogP contribution in [0.3, 0.4) is 0 Å². The minimum atomic E-state index is -0.0649. The molecule has 0 aromatic carbocycles. The van der Waals surface area contributed by atoms with Gasteiger partial charge in [0.25, 0.3) is 5.91 Å². The predicted octanol–water partition coefficient (Wildman–Crippen LogP) is 4.75. The zero-order chi connectivity index (χ0) is 22.6. The normalized spacial score (nSPS) is 23.9. The fourth-order valence-electron chi connectivity index (χ4n) is 4.84. The molecule has 4 aliphatic rings. The lowest BCUT2D eigenvalue weighted by molar-refractivity contribution is -0.117. The highest BCUT2D eigenvalue weighted by Crippen LogP contribution is 2.70. The van der Waals surface area contributed by atoms with E-state index in [0.29, 0.717) is 29.9 Å². The maximum atomic E-state index is 13.2. The molecule has 0 aliphatic heterocycles. The highest BCUT2D eigenvalue weighted by molar-refractivity contribution is 7.17. The highest BCUT2D eigenvalue weighted by atomic mass is 32.1. The van der Waals surface area contributed by atoms with Crippen LogP contribution in [0.15, 0.2) is 15.4 Å². The maximum absolute atomic E-state index is 13.2. The molecule has 6 rings (SSSR count). The Labute approximate surface area is 201 Å². The van der Waals surface area contributed by atoms with Crippen molar-refractivity contribution >= 4 is 51.4 Å². The standard InChI is InChI=1S/C24H27N5O2S2/c1-13-18(11-32-29-13)27-12-26-15-4-5-19-16(8-15)20(22(31)25-10-14-2-3-14)23(33-19)28-21(30)17-9-24(17)6-7-24/h11,14-15,17H,2-10H2,1H3,(H,25,31)(H,28,30)/t15-,17?/m0/s1. The van der Waals surface area contributed by atoms with Gasteiger partial charge >= 0.3 is 0 Å². The number of anilines is 1. The van der Waals surface area contributed by atoms with Gasteiger partial charge in [0.1, 0.15) is 10.7 Å². The number of aliphatic imine (C=N–C) groups is 2. The first kappa shape index (κ1) is 21.2. The summed E-state index contributed by atoms with van der Waals surface area (Å²) in [5.74, 6) is 0.752. The summed E-state index contributed by atoms with van der Waals surface area (Å²) in [6, 6.07) is 2.88. The summed E-state index contributed by atoms with van der Waals surface area (Å²) in [7, 11) is 0. The SMILES string of the molecule is Cc1nscc1N=C=N[C@H]1CCc2sc(NC(=O)C3CC34CC4)c(C(=O)NCC3CC3)c2C1. The highest BCUT2D eigenvalue weighted by Gasteiger charge is 2.65. The van der Waals surface area contributed by atoms with Gasteiger partial charge in [-0.25, -0.2) is 4.99 Å². The average molecular weight is 482 g/mol. The molecule has 0 bridgehead atoms. The van der Waals surface area contributed by atoms with Gasteiger partial charge in [-0.2, -0.15) is 9.37 Å². The fourth-order valence-corrected chi connectivity index (χ4v) is 6.71. The second-order valence-corrected chi connectivity index (χ2v) is 11.7. The van der Waals surface area contributed by atoms with E-state index in [-0.39, 0.29) is 23.8 Å². The van der Waals surface area contributed by atoms with E-state index < -0.39 is 0 Å². The van der Waals surface area contributed by atoms with Crippen LogP contribution < -0.4 is 10.6 Å². The number of thiophene rings is 1. The Balaban J connectivity index is 1.23. The Kier molecular flexibility index (Phi) is 5.24. The average Bonchev–Trinajstić information content (AvgIpc) is 3.75. The molecule has 4 aliphatic carbocycles. The number of amides is 2. The second kappa shape index (κ2) is 8.15. The van der Waals surface area contributed by atoms with Crippen molar-refractivity contribution in [3.8, 4) is 0 Å². The lowest BCUT2D eigenvalue weighted by Crippen LogP contribution is -2.28. The van der Waals surface area contributed by atoms with Gasteiger partial charge in [-0.15, -0.1) is 11.3 Å². The third-order valence-corrected chi connectivity index (χ3v) is 9.40. The van der Waals surface area contributed by atoms with Crippen molar-refractivity contribution in [3.63, 3.8) is 0 Å². The van der Waals surface area contributed by atoms with Gasteiger partial charge in [0.15, 0.2) is 0 Å². The summed E-state index contributed by atoms with van der Waals surface area (Å²) in [6.07, 6.45) is 8.12. The van der Waals surface area contributed by atoms with Crippen molar-refractivity contribution in [1.29, 1.82) is 0 Å². The lowest BCUT2D eigenvalue weighted by atomic mass is 9.91. The van der Waals surface area contributed by atoms with E-state index >= 15 is 0 Å². The number of nitrogens with one attached hydrogen (secondary N) is 2. The molecule has 9 heteroatoms. The van der Waals surface area contributed by atoms with Crippen LogP contribution in [0.5, 0.6) is 0 Å². The van der Waals surface area contributed by atoms with Crippen molar-refractivity contribution in [2.75, 3.05) is 11.9 Å². The van der Waals surface area contributed by atoms with Crippen LogP contribution >= 0.6 is 22.9 Å². The molecule has 3 saturated carbocycles. The molecule has 2 atom stereocenters. The molecule has 2 aromatic heterocycles. The van der Waals surface area contributed by atoms with Crippen LogP contribution in [-0.4, -0.2) is 34.8 Å². The Morgan fingerprint density at radius 3 is 2.85 bits per heavy atom. The largest absolute Gasteiger partial charge is 0.352 e. The molecule has 1 spiro atoms. The van der Waals surface area contributed by atoms with Gasteiger partial charge in [-0.05, 0) is 86.7 Å². The minimum Gasteiger partial charge on any atom is -0.352 e. The molecule has 3 fully saturated rings. The van der Waals surface area contributed by atoms with Crippen LogP contribution in [-0.2, 0) is 17.6 Å². The van der Waals surface area contributed by atoms with Crippen LogP contribution in [0, 0.1) is 24.2 Å². The Hall–Kier alpha value is -2.35.